The van der Waals surface area contributed by atoms with E-state index in [0.717, 1.165) is 12.0 Å². The van der Waals surface area contributed by atoms with Crippen molar-refractivity contribution in [1.82, 2.24) is 0 Å². The molecule has 0 aliphatic rings. The topological polar surface area (TPSA) is 9.23 Å². The van der Waals surface area contributed by atoms with E-state index < -0.39 is 0 Å². The molecule has 0 saturated carbocycles. The predicted octanol–water partition coefficient (Wildman–Crippen LogP) is 5.28. The summed E-state index contributed by atoms with van der Waals surface area (Å²) in [5.41, 5.74) is 0.927. The highest BCUT2D eigenvalue weighted by Gasteiger charge is 2.08. The van der Waals surface area contributed by atoms with Crippen molar-refractivity contribution in [3.05, 3.63) is 50.7 Å². The van der Waals surface area contributed by atoms with Crippen LogP contribution in [0.3, 0.4) is 0 Å². The van der Waals surface area contributed by atoms with E-state index in [1.165, 1.54) is 9.75 Å². The van der Waals surface area contributed by atoms with E-state index in [9.17, 15) is 0 Å². The molecule has 0 aliphatic heterocycles. The molecular formula is C14H14Cl2OS. The zero-order chi connectivity index (χ0) is 13.0. The number of para-hydroxylation sites is 1. The van der Waals surface area contributed by atoms with Crippen LogP contribution in [0.5, 0.6) is 5.75 Å². The van der Waals surface area contributed by atoms with E-state index in [-0.39, 0.29) is 0 Å². The van der Waals surface area contributed by atoms with Crippen LogP contribution in [0.15, 0.2) is 30.3 Å². The fourth-order valence-corrected chi connectivity index (χ4v) is 2.98. The number of halogens is 2. The normalized spacial score (nSPS) is 10.6. The molecule has 1 aromatic heterocycles. The third-order valence-corrected chi connectivity index (χ3v) is 4.41. The third-order valence-electron chi connectivity index (χ3n) is 2.62. The summed E-state index contributed by atoms with van der Waals surface area (Å²) < 4.78 is 5.80. The van der Waals surface area contributed by atoms with Crippen molar-refractivity contribution in [3.63, 3.8) is 0 Å². The lowest BCUT2D eigenvalue weighted by atomic mass is 10.2. The number of rotatable bonds is 5. The molecule has 0 N–H and O–H groups in total. The van der Waals surface area contributed by atoms with Gasteiger partial charge in [-0.15, -0.1) is 22.9 Å². The second-order valence-corrected chi connectivity index (χ2v) is 5.80. The van der Waals surface area contributed by atoms with Crippen molar-refractivity contribution < 1.29 is 4.74 Å². The molecule has 0 bridgehead atoms. The van der Waals surface area contributed by atoms with Gasteiger partial charge in [-0.1, -0.05) is 30.7 Å². The van der Waals surface area contributed by atoms with E-state index in [4.69, 9.17) is 27.9 Å². The number of aryl methyl sites for hydroxylation is 1. The molecule has 1 heterocycles. The highest BCUT2D eigenvalue weighted by atomic mass is 35.5. The quantitative estimate of drug-likeness (QED) is 0.683. The Kier molecular flexibility index (Phi) is 4.93. The van der Waals surface area contributed by atoms with Gasteiger partial charge in [-0.25, -0.2) is 0 Å². The fraction of sp³-hybridized carbons (Fsp3) is 0.286. The van der Waals surface area contributed by atoms with Crippen molar-refractivity contribution in [2.45, 2.75) is 25.8 Å². The summed E-state index contributed by atoms with van der Waals surface area (Å²) in [6, 6.07) is 9.87. The Hall–Kier alpha value is -0.700. The van der Waals surface area contributed by atoms with Gasteiger partial charge in [0.15, 0.2) is 0 Å². The monoisotopic (exact) mass is 300 g/mol. The average Bonchev–Trinajstić information content (AvgIpc) is 2.85. The molecule has 4 heteroatoms. The third kappa shape index (κ3) is 3.19. The van der Waals surface area contributed by atoms with E-state index >= 15 is 0 Å². The molecule has 0 fully saturated rings. The molecule has 2 aromatic rings. The van der Waals surface area contributed by atoms with Crippen molar-refractivity contribution >= 4 is 34.5 Å². The molecule has 0 spiro atoms. The van der Waals surface area contributed by atoms with Crippen molar-refractivity contribution in [2.24, 2.45) is 0 Å². The van der Waals surface area contributed by atoms with Crippen molar-refractivity contribution in [2.75, 3.05) is 0 Å². The van der Waals surface area contributed by atoms with Crippen LogP contribution in [0.4, 0.5) is 0 Å². The first-order valence-electron chi connectivity index (χ1n) is 5.78. The van der Waals surface area contributed by atoms with E-state index in [1.807, 2.05) is 18.2 Å². The van der Waals surface area contributed by atoms with Gasteiger partial charge in [-0.05, 0) is 24.6 Å². The lowest BCUT2D eigenvalue weighted by Gasteiger charge is -2.10. The van der Waals surface area contributed by atoms with Crippen LogP contribution in [0.2, 0.25) is 5.02 Å². The molecule has 0 aliphatic carbocycles. The summed E-state index contributed by atoms with van der Waals surface area (Å²) in [6.45, 7) is 2.69. The molecule has 96 valence electrons. The molecule has 0 unspecified atom stereocenters. The molecule has 18 heavy (non-hydrogen) atoms. The number of benzene rings is 1. The van der Waals surface area contributed by atoms with Gasteiger partial charge in [0.25, 0.3) is 0 Å². The number of hydrogen-bond donors (Lipinski definition) is 0. The number of thiophene rings is 1. The lowest BCUT2D eigenvalue weighted by molar-refractivity contribution is 0.307. The van der Waals surface area contributed by atoms with Gasteiger partial charge in [0.1, 0.15) is 12.4 Å². The zero-order valence-corrected chi connectivity index (χ0v) is 12.4. The van der Waals surface area contributed by atoms with Crippen LogP contribution in [-0.2, 0) is 18.9 Å². The molecular weight excluding hydrogens is 287 g/mol. The van der Waals surface area contributed by atoms with Gasteiger partial charge in [0.05, 0.1) is 10.9 Å². The molecule has 0 radical (unpaired) electrons. The second kappa shape index (κ2) is 6.46. The van der Waals surface area contributed by atoms with Crippen LogP contribution < -0.4 is 4.74 Å². The Morgan fingerprint density at radius 2 is 1.94 bits per heavy atom. The largest absolute Gasteiger partial charge is 0.486 e. The maximum Gasteiger partial charge on any atom is 0.142 e. The molecule has 0 amide bonds. The van der Waals surface area contributed by atoms with Crippen LogP contribution in [0.25, 0.3) is 0 Å². The van der Waals surface area contributed by atoms with Gasteiger partial charge < -0.3 is 4.74 Å². The highest BCUT2D eigenvalue weighted by molar-refractivity contribution is 7.11. The predicted molar refractivity (Wildman–Crippen MR) is 79.0 cm³/mol. The summed E-state index contributed by atoms with van der Waals surface area (Å²) in [5.74, 6) is 1.10. The first-order valence-corrected chi connectivity index (χ1v) is 7.51. The summed E-state index contributed by atoms with van der Waals surface area (Å²) in [4.78, 5) is 2.57. The van der Waals surface area contributed by atoms with E-state index in [2.05, 4.69) is 19.1 Å². The van der Waals surface area contributed by atoms with Crippen LogP contribution in [0.1, 0.15) is 22.2 Å². The smallest absolute Gasteiger partial charge is 0.142 e. The average molecular weight is 301 g/mol. The minimum atomic E-state index is 0.403. The lowest BCUT2D eigenvalue weighted by Crippen LogP contribution is -1.96. The second-order valence-electron chi connectivity index (χ2n) is 3.87. The zero-order valence-electron chi connectivity index (χ0n) is 10.1. The Balaban J connectivity index is 2.10. The Bertz CT molecular complexity index is 522. The van der Waals surface area contributed by atoms with Crippen LogP contribution in [0, 0.1) is 0 Å². The maximum atomic E-state index is 6.13. The van der Waals surface area contributed by atoms with Gasteiger partial charge in [-0.2, -0.15) is 0 Å². The molecule has 0 saturated heterocycles. The van der Waals surface area contributed by atoms with Crippen LogP contribution in [-0.4, -0.2) is 0 Å². The van der Waals surface area contributed by atoms with Crippen LogP contribution >= 0.6 is 34.5 Å². The van der Waals surface area contributed by atoms with Gasteiger partial charge in [-0.3, -0.25) is 0 Å². The summed E-state index contributed by atoms with van der Waals surface area (Å²) in [6.07, 6.45) is 1.06. The maximum absolute atomic E-state index is 6.13. The molecule has 1 aromatic carbocycles. The summed E-state index contributed by atoms with van der Waals surface area (Å²) in [7, 11) is 0. The van der Waals surface area contributed by atoms with Crippen molar-refractivity contribution in [1.29, 1.82) is 0 Å². The summed E-state index contributed by atoms with van der Waals surface area (Å²) >= 11 is 13.8. The Labute approximate surface area is 121 Å². The fourth-order valence-electron chi connectivity index (χ4n) is 1.65. The van der Waals surface area contributed by atoms with E-state index in [1.54, 1.807) is 11.3 Å². The van der Waals surface area contributed by atoms with Gasteiger partial charge in [0, 0.05) is 15.3 Å². The van der Waals surface area contributed by atoms with Gasteiger partial charge in [0.2, 0.25) is 0 Å². The first-order chi connectivity index (χ1) is 8.74. The molecule has 1 nitrogen and oxygen atoms in total. The minimum Gasteiger partial charge on any atom is -0.486 e. The summed E-state index contributed by atoms with van der Waals surface area (Å²) in [5, 5.41) is 0.612. The number of hydrogen-bond acceptors (Lipinski definition) is 2. The first kappa shape index (κ1) is 13.7. The number of alkyl halides is 1. The van der Waals surface area contributed by atoms with Crippen molar-refractivity contribution in [3.8, 4) is 5.75 Å². The highest BCUT2D eigenvalue weighted by Crippen LogP contribution is 2.31. The molecule has 0 atom stereocenters. The molecule has 2 rings (SSSR count). The van der Waals surface area contributed by atoms with Gasteiger partial charge >= 0.3 is 0 Å². The Morgan fingerprint density at radius 1 is 1.17 bits per heavy atom. The number of ether oxygens (including phenoxy) is 1. The SMILES string of the molecule is CCc1ccc(COc2c(Cl)cccc2CCl)s1. The standard InChI is InChI=1S/C14H14Cl2OS/c1-2-11-6-7-12(18-11)9-17-14-10(8-15)4-3-5-13(14)16/h3-7H,2,8-9H2,1H3. The van der Waals surface area contributed by atoms with E-state index in [0.29, 0.717) is 23.3 Å². The Morgan fingerprint density at radius 3 is 2.61 bits per heavy atom. The minimum absolute atomic E-state index is 0.403.